The fraction of sp³-hybridized carbons (Fsp3) is 0.650. The van der Waals surface area contributed by atoms with E-state index >= 15 is 0 Å². The van der Waals surface area contributed by atoms with Crippen molar-refractivity contribution in [3.63, 3.8) is 0 Å². The van der Waals surface area contributed by atoms with Crippen molar-refractivity contribution in [3.05, 3.63) is 35.6 Å². The first-order chi connectivity index (χ1) is 11.7. The lowest BCUT2D eigenvalue weighted by Gasteiger charge is -2.39. The molecular formula is C20H29FN2O. The van der Waals surface area contributed by atoms with E-state index in [1.54, 1.807) is 0 Å². The van der Waals surface area contributed by atoms with Crippen LogP contribution in [-0.4, -0.2) is 47.9 Å². The fourth-order valence-electron chi connectivity index (χ4n) is 4.17. The van der Waals surface area contributed by atoms with Gasteiger partial charge in [0.15, 0.2) is 0 Å². The van der Waals surface area contributed by atoms with E-state index in [-0.39, 0.29) is 11.9 Å². The number of amides is 1. The number of carbonyl (C=O) groups is 1. The van der Waals surface area contributed by atoms with Crippen LogP contribution in [0.4, 0.5) is 4.39 Å². The zero-order valence-electron chi connectivity index (χ0n) is 14.7. The van der Waals surface area contributed by atoms with Gasteiger partial charge in [-0.25, -0.2) is 4.39 Å². The van der Waals surface area contributed by atoms with Gasteiger partial charge in [-0.15, -0.1) is 0 Å². The molecule has 2 aliphatic heterocycles. The summed E-state index contributed by atoms with van der Waals surface area (Å²) in [7, 11) is 0. The van der Waals surface area contributed by atoms with E-state index in [1.807, 2.05) is 12.1 Å². The molecule has 24 heavy (non-hydrogen) atoms. The lowest BCUT2D eigenvalue weighted by atomic mass is 9.89. The Balaban J connectivity index is 1.50. The monoisotopic (exact) mass is 332 g/mol. The molecule has 2 aliphatic rings. The number of benzene rings is 1. The smallest absolute Gasteiger partial charge is 0.239 e. The number of carbonyl (C=O) groups excluding carboxylic acids is 1. The summed E-state index contributed by atoms with van der Waals surface area (Å²) in [6.45, 7) is 5.93. The fourth-order valence-corrected chi connectivity index (χ4v) is 4.17. The van der Waals surface area contributed by atoms with Crippen molar-refractivity contribution in [2.75, 3.05) is 26.2 Å². The Kier molecular flexibility index (Phi) is 5.88. The molecule has 1 aromatic carbocycles. The average molecular weight is 332 g/mol. The molecule has 2 saturated heterocycles. The molecule has 3 rings (SSSR count). The molecule has 1 aromatic rings. The quantitative estimate of drug-likeness (QED) is 0.843. The number of piperidine rings is 2. The van der Waals surface area contributed by atoms with Gasteiger partial charge in [0.25, 0.3) is 0 Å². The molecule has 0 unspecified atom stereocenters. The lowest BCUT2D eigenvalue weighted by Crippen LogP contribution is -2.52. The number of likely N-dealkylation sites (N-methyl/N-ethyl adjacent to an activating group) is 1. The van der Waals surface area contributed by atoms with Gasteiger partial charge in [-0.2, -0.15) is 0 Å². The summed E-state index contributed by atoms with van der Waals surface area (Å²) in [6, 6.07) is 6.95. The molecule has 0 spiro atoms. The third-order valence-electron chi connectivity index (χ3n) is 5.67. The van der Waals surface area contributed by atoms with Crippen molar-refractivity contribution in [3.8, 4) is 0 Å². The summed E-state index contributed by atoms with van der Waals surface area (Å²) in [5.41, 5.74) is 1.20. The van der Waals surface area contributed by atoms with Gasteiger partial charge in [0.05, 0.1) is 6.04 Å². The number of hydrogen-bond donors (Lipinski definition) is 0. The van der Waals surface area contributed by atoms with Gasteiger partial charge in [0, 0.05) is 13.1 Å². The van der Waals surface area contributed by atoms with Crippen LogP contribution >= 0.6 is 0 Å². The standard InChI is InChI=1S/C20H29FN2O/c1-2-22-12-4-3-5-19(22)20(24)23-13-10-17(11-14-23)15-16-6-8-18(21)9-7-16/h6-9,17,19H,2-5,10-15H2,1H3/t19-/m0/s1. The summed E-state index contributed by atoms with van der Waals surface area (Å²) in [6.07, 6.45) is 6.52. The summed E-state index contributed by atoms with van der Waals surface area (Å²) >= 11 is 0. The lowest BCUT2D eigenvalue weighted by molar-refractivity contribution is -0.139. The predicted molar refractivity (Wildman–Crippen MR) is 94.3 cm³/mol. The van der Waals surface area contributed by atoms with Crippen LogP contribution in [0.5, 0.6) is 0 Å². The number of rotatable bonds is 4. The second-order valence-corrected chi connectivity index (χ2v) is 7.24. The number of halogens is 1. The first-order valence-electron chi connectivity index (χ1n) is 9.44. The van der Waals surface area contributed by atoms with Crippen molar-refractivity contribution in [1.82, 2.24) is 9.80 Å². The van der Waals surface area contributed by atoms with Gasteiger partial charge >= 0.3 is 0 Å². The average Bonchev–Trinajstić information content (AvgIpc) is 2.63. The molecule has 0 aliphatic carbocycles. The molecule has 0 N–H and O–H groups in total. The first kappa shape index (κ1) is 17.4. The van der Waals surface area contributed by atoms with Crippen molar-refractivity contribution in [2.24, 2.45) is 5.92 Å². The molecule has 3 nitrogen and oxygen atoms in total. The largest absolute Gasteiger partial charge is 0.341 e. The summed E-state index contributed by atoms with van der Waals surface area (Å²) in [4.78, 5) is 17.3. The van der Waals surface area contributed by atoms with E-state index in [1.165, 1.54) is 30.5 Å². The molecule has 1 amide bonds. The molecule has 2 heterocycles. The summed E-state index contributed by atoms with van der Waals surface area (Å²) in [5.74, 6) is 0.775. The van der Waals surface area contributed by atoms with E-state index in [9.17, 15) is 9.18 Å². The highest BCUT2D eigenvalue weighted by Gasteiger charge is 2.32. The Bertz CT molecular complexity index is 537. The molecule has 0 aromatic heterocycles. The van der Waals surface area contributed by atoms with E-state index in [0.29, 0.717) is 11.8 Å². The van der Waals surface area contributed by atoms with Crippen LogP contribution in [0.1, 0.15) is 44.6 Å². The molecule has 2 fully saturated rings. The Morgan fingerprint density at radius 3 is 2.46 bits per heavy atom. The van der Waals surface area contributed by atoms with Crippen LogP contribution in [0.2, 0.25) is 0 Å². The highest BCUT2D eigenvalue weighted by molar-refractivity contribution is 5.82. The number of nitrogens with zero attached hydrogens (tertiary/aromatic N) is 2. The van der Waals surface area contributed by atoms with E-state index < -0.39 is 0 Å². The van der Waals surface area contributed by atoms with Gasteiger partial charge in [-0.1, -0.05) is 25.5 Å². The van der Waals surface area contributed by atoms with E-state index in [4.69, 9.17) is 0 Å². The number of hydrogen-bond acceptors (Lipinski definition) is 2. The Morgan fingerprint density at radius 2 is 1.79 bits per heavy atom. The van der Waals surface area contributed by atoms with Gasteiger partial charge in [-0.05, 0) is 68.8 Å². The SMILES string of the molecule is CCN1CCCC[C@H]1C(=O)N1CCC(Cc2ccc(F)cc2)CC1. The normalized spacial score (nSPS) is 23.4. The van der Waals surface area contributed by atoms with Crippen molar-refractivity contribution in [1.29, 1.82) is 0 Å². The van der Waals surface area contributed by atoms with Crippen molar-refractivity contribution >= 4 is 5.91 Å². The highest BCUT2D eigenvalue weighted by atomic mass is 19.1. The molecule has 0 bridgehead atoms. The molecular weight excluding hydrogens is 303 g/mol. The van der Waals surface area contributed by atoms with Gasteiger partial charge in [0.2, 0.25) is 5.91 Å². The third-order valence-corrected chi connectivity index (χ3v) is 5.67. The first-order valence-corrected chi connectivity index (χ1v) is 9.44. The van der Waals surface area contributed by atoms with Crippen LogP contribution < -0.4 is 0 Å². The second kappa shape index (κ2) is 8.11. The Hall–Kier alpha value is -1.42. The summed E-state index contributed by atoms with van der Waals surface area (Å²) < 4.78 is 13.0. The maximum Gasteiger partial charge on any atom is 0.239 e. The van der Waals surface area contributed by atoms with Crippen LogP contribution in [0.15, 0.2) is 24.3 Å². The molecule has 4 heteroatoms. The molecule has 0 saturated carbocycles. The van der Waals surface area contributed by atoms with Crippen molar-refractivity contribution < 1.29 is 9.18 Å². The van der Waals surface area contributed by atoms with E-state index in [0.717, 1.165) is 51.9 Å². The number of likely N-dealkylation sites (tertiary alicyclic amines) is 2. The minimum absolute atomic E-state index is 0.109. The van der Waals surface area contributed by atoms with Crippen LogP contribution in [0.25, 0.3) is 0 Å². The predicted octanol–water partition coefficient (Wildman–Crippen LogP) is 3.48. The highest BCUT2D eigenvalue weighted by Crippen LogP contribution is 2.25. The zero-order valence-corrected chi connectivity index (χ0v) is 14.7. The third kappa shape index (κ3) is 4.15. The topological polar surface area (TPSA) is 23.6 Å². The van der Waals surface area contributed by atoms with Gasteiger partial charge in [0.1, 0.15) is 5.82 Å². The Morgan fingerprint density at radius 1 is 1.08 bits per heavy atom. The maximum absolute atomic E-state index is 13.0. The van der Waals surface area contributed by atoms with Crippen LogP contribution in [-0.2, 0) is 11.2 Å². The molecule has 1 atom stereocenters. The van der Waals surface area contributed by atoms with Gasteiger partial charge < -0.3 is 4.90 Å². The molecule has 132 valence electrons. The minimum atomic E-state index is -0.174. The zero-order chi connectivity index (χ0) is 16.9. The van der Waals surface area contributed by atoms with E-state index in [2.05, 4.69) is 16.7 Å². The van der Waals surface area contributed by atoms with Crippen LogP contribution in [0, 0.1) is 11.7 Å². The summed E-state index contributed by atoms with van der Waals surface area (Å²) in [5, 5.41) is 0. The second-order valence-electron chi connectivity index (χ2n) is 7.24. The van der Waals surface area contributed by atoms with Crippen molar-refractivity contribution in [2.45, 2.75) is 51.5 Å². The van der Waals surface area contributed by atoms with Gasteiger partial charge in [-0.3, -0.25) is 9.69 Å². The molecule has 0 radical (unpaired) electrons. The Labute approximate surface area is 144 Å². The maximum atomic E-state index is 13.0. The van der Waals surface area contributed by atoms with Crippen LogP contribution in [0.3, 0.4) is 0 Å². The minimum Gasteiger partial charge on any atom is -0.341 e.